The molecule has 1 aliphatic heterocycles. The van der Waals surface area contributed by atoms with Crippen molar-refractivity contribution >= 4 is 5.96 Å². The second-order valence-electron chi connectivity index (χ2n) is 6.11. The highest BCUT2D eigenvalue weighted by Gasteiger charge is 2.19. The van der Waals surface area contributed by atoms with Crippen LogP contribution in [-0.4, -0.2) is 75.1 Å². The van der Waals surface area contributed by atoms with Crippen molar-refractivity contribution in [1.29, 1.82) is 0 Å². The summed E-state index contributed by atoms with van der Waals surface area (Å²) in [6, 6.07) is 0.487. The molecule has 6 heteroatoms. The molecule has 0 aromatic heterocycles. The predicted octanol–water partition coefficient (Wildman–Crippen LogP) is 0.671. The summed E-state index contributed by atoms with van der Waals surface area (Å²) in [5.41, 5.74) is 0. The Morgan fingerprint density at radius 3 is 2.73 bits per heavy atom. The number of nitrogens with zero attached hydrogens (tertiary/aromatic N) is 2. The quantitative estimate of drug-likeness (QED) is 0.332. The van der Waals surface area contributed by atoms with Gasteiger partial charge in [0.15, 0.2) is 5.96 Å². The average molecular weight is 314 g/mol. The SMILES string of the molecule is CCNC(=NCC(C)CO)NC1CCN(CCCOC)CC1. The molecule has 0 saturated carbocycles. The lowest BCUT2D eigenvalue weighted by Crippen LogP contribution is -2.49. The lowest BCUT2D eigenvalue weighted by atomic mass is 10.1. The van der Waals surface area contributed by atoms with E-state index in [-0.39, 0.29) is 12.5 Å². The molecule has 1 unspecified atom stereocenters. The van der Waals surface area contributed by atoms with Crippen molar-refractivity contribution in [3.8, 4) is 0 Å². The number of nitrogens with one attached hydrogen (secondary N) is 2. The van der Waals surface area contributed by atoms with Gasteiger partial charge in [-0.2, -0.15) is 0 Å². The minimum Gasteiger partial charge on any atom is -0.396 e. The third-order valence-electron chi connectivity index (χ3n) is 3.97. The van der Waals surface area contributed by atoms with Crippen molar-refractivity contribution in [2.75, 3.05) is 53.0 Å². The van der Waals surface area contributed by atoms with Crippen molar-refractivity contribution in [2.24, 2.45) is 10.9 Å². The van der Waals surface area contributed by atoms with Crippen LogP contribution in [0.1, 0.15) is 33.1 Å². The van der Waals surface area contributed by atoms with Gasteiger partial charge in [0.2, 0.25) is 0 Å². The van der Waals surface area contributed by atoms with Gasteiger partial charge in [0.25, 0.3) is 0 Å². The number of aliphatic imine (C=N–C) groups is 1. The minimum absolute atomic E-state index is 0.183. The number of ether oxygens (including phenoxy) is 1. The Kier molecular flexibility index (Phi) is 10.2. The number of hydrogen-bond donors (Lipinski definition) is 3. The van der Waals surface area contributed by atoms with E-state index in [1.165, 1.54) is 0 Å². The van der Waals surface area contributed by atoms with Gasteiger partial charge in [-0.15, -0.1) is 0 Å². The van der Waals surface area contributed by atoms with Crippen LogP contribution in [0.4, 0.5) is 0 Å². The molecule has 1 rings (SSSR count). The summed E-state index contributed by atoms with van der Waals surface area (Å²) in [4.78, 5) is 7.07. The van der Waals surface area contributed by atoms with Crippen molar-refractivity contribution in [3.63, 3.8) is 0 Å². The molecular weight excluding hydrogens is 280 g/mol. The number of likely N-dealkylation sites (tertiary alicyclic amines) is 1. The summed E-state index contributed by atoms with van der Waals surface area (Å²) in [6.45, 7) is 10.0. The van der Waals surface area contributed by atoms with Gasteiger partial charge in [-0.25, -0.2) is 0 Å². The molecule has 0 spiro atoms. The molecule has 0 amide bonds. The number of rotatable bonds is 9. The molecule has 1 aliphatic rings. The molecule has 1 atom stereocenters. The van der Waals surface area contributed by atoms with Crippen LogP contribution in [0.15, 0.2) is 4.99 Å². The largest absolute Gasteiger partial charge is 0.396 e. The van der Waals surface area contributed by atoms with Gasteiger partial charge in [-0.3, -0.25) is 4.99 Å². The number of aliphatic hydroxyl groups excluding tert-OH is 1. The van der Waals surface area contributed by atoms with Crippen molar-refractivity contribution in [3.05, 3.63) is 0 Å². The molecule has 0 radical (unpaired) electrons. The van der Waals surface area contributed by atoms with Crippen LogP contribution in [0.5, 0.6) is 0 Å². The normalized spacial score (nSPS) is 19.2. The number of piperidine rings is 1. The Hall–Kier alpha value is -0.850. The first-order valence-electron chi connectivity index (χ1n) is 8.56. The highest BCUT2D eigenvalue weighted by atomic mass is 16.5. The highest BCUT2D eigenvalue weighted by Crippen LogP contribution is 2.10. The van der Waals surface area contributed by atoms with Gasteiger partial charge >= 0.3 is 0 Å². The van der Waals surface area contributed by atoms with E-state index in [1.807, 2.05) is 6.92 Å². The first-order chi connectivity index (χ1) is 10.7. The molecule has 0 aromatic rings. The number of guanidine groups is 1. The van der Waals surface area contributed by atoms with E-state index in [0.717, 1.165) is 58.0 Å². The van der Waals surface area contributed by atoms with Crippen LogP contribution in [-0.2, 0) is 4.74 Å². The monoisotopic (exact) mass is 314 g/mol. The zero-order chi connectivity index (χ0) is 16.2. The van der Waals surface area contributed by atoms with E-state index in [2.05, 4.69) is 27.4 Å². The van der Waals surface area contributed by atoms with E-state index < -0.39 is 0 Å². The maximum atomic E-state index is 9.09. The van der Waals surface area contributed by atoms with Crippen LogP contribution < -0.4 is 10.6 Å². The van der Waals surface area contributed by atoms with E-state index in [4.69, 9.17) is 9.84 Å². The molecule has 22 heavy (non-hydrogen) atoms. The maximum absolute atomic E-state index is 9.09. The van der Waals surface area contributed by atoms with Gasteiger partial charge < -0.3 is 25.4 Å². The Labute approximate surface area is 135 Å². The Balaban J connectivity index is 2.32. The van der Waals surface area contributed by atoms with Gasteiger partial charge in [0, 0.05) is 59.1 Å². The lowest BCUT2D eigenvalue weighted by molar-refractivity contribution is 0.155. The zero-order valence-corrected chi connectivity index (χ0v) is 14.5. The summed E-state index contributed by atoms with van der Waals surface area (Å²) in [6.07, 6.45) is 3.40. The molecule has 3 N–H and O–H groups in total. The molecule has 6 nitrogen and oxygen atoms in total. The maximum Gasteiger partial charge on any atom is 0.191 e. The molecule has 130 valence electrons. The van der Waals surface area contributed by atoms with Crippen LogP contribution >= 0.6 is 0 Å². The average Bonchev–Trinajstić information content (AvgIpc) is 2.54. The Morgan fingerprint density at radius 1 is 1.41 bits per heavy atom. The summed E-state index contributed by atoms with van der Waals surface area (Å²) >= 11 is 0. The van der Waals surface area contributed by atoms with Gasteiger partial charge in [0.1, 0.15) is 0 Å². The second kappa shape index (κ2) is 11.7. The second-order valence-corrected chi connectivity index (χ2v) is 6.11. The molecule has 1 saturated heterocycles. The number of hydrogen-bond acceptors (Lipinski definition) is 4. The summed E-state index contributed by atoms with van der Waals surface area (Å²) in [7, 11) is 1.76. The standard InChI is InChI=1S/C16H34N4O2/c1-4-17-16(18-12-14(2)13-21)19-15-6-9-20(10-7-15)8-5-11-22-3/h14-15,21H,4-13H2,1-3H3,(H2,17,18,19). The Bertz CT molecular complexity index is 305. The number of aliphatic hydroxyl groups is 1. The van der Waals surface area contributed by atoms with Crippen LogP contribution in [0, 0.1) is 5.92 Å². The third-order valence-corrected chi connectivity index (χ3v) is 3.97. The fourth-order valence-electron chi connectivity index (χ4n) is 2.55. The van der Waals surface area contributed by atoms with E-state index in [0.29, 0.717) is 12.6 Å². The molecule has 1 fully saturated rings. The number of methoxy groups -OCH3 is 1. The first kappa shape index (κ1) is 19.2. The first-order valence-corrected chi connectivity index (χ1v) is 8.56. The topological polar surface area (TPSA) is 69.1 Å². The highest BCUT2D eigenvalue weighted by molar-refractivity contribution is 5.80. The zero-order valence-electron chi connectivity index (χ0n) is 14.5. The fourth-order valence-corrected chi connectivity index (χ4v) is 2.55. The summed E-state index contributed by atoms with van der Waals surface area (Å²) in [5.74, 6) is 1.08. The lowest BCUT2D eigenvalue weighted by Gasteiger charge is -2.33. The van der Waals surface area contributed by atoms with Gasteiger partial charge in [-0.1, -0.05) is 6.92 Å². The molecule has 1 heterocycles. The van der Waals surface area contributed by atoms with Crippen LogP contribution in [0.3, 0.4) is 0 Å². The van der Waals surface area contributed by atoms with Crippen molar-refractivity contribution in [1.82, 2.24) is 15.5 Å². The van der Waals surface area contributed by atoms with Crippen LogP contribution in [0.25, 0.3) is 0 Å². The van der Waals surface area contributed by atoms with Gasteiger partial charge in [0.05, 0.1) is 0 Å². The molecule has 0 aliphatic carbocycles. The van der Waals surface area contributed by atoms with E-state index in [9.17, 15) is 0 Å². The van der Waals surface area contributed by atoms with Crippen molar-refractivity contribution in [2.45, 2.75) is 39.2 Å². The smallest absolute Gasteiger partial charge is 0.191 e. The molecule has 0 bridgehead atoms. The fraction of sp³-hybridized carbons (Fsp3) is 0.938. The molecule has 0 aromatic carbocycles. The van der Waals surface area contributed by atoms with E-state index in [1.54, 1.807) is 7.11 Å². The minimum atomic E-state index is 0.183. The van der Waals surface area contributed by atoms with Gasteiger partial charge in [-0.05, 0) is 32.1 Å². The summed E-state index contributed by atoms with van der Waals surface area (Å²) < 4.78 is 5.11. The van der Waals surface area contributed by atoms with Crippen molar-refractivity contribution < 1.29 is 9.84 Å². The summed E-state index contributed by atoms with van der Waals surface area (Å²) in [5, 5.41) is 15.9. The Morgan fingerprint density at radius 2 is 2.14 bits per heavy atom. The predicted molar refractivity (Wildman–Crippen MR) is 91.3 cm³/mol. The third kappa shape index (κ3) is 7.96. The van der Waals surface area contributed by atoms with E-state index >= 15 is 0 Å². The van der Waals surface area contributed by atoms with Crippen LogP contribution in [0.2, 0.25) is 0 Å². The molecular formula is C16H34N4O2.